The van der Waals surface area contributed by atoms with Crippen LogP contribution in [0.4, 0.5) is 5.82 Å². The fraction of sp³-hybridized carbons (Fsp3) is 0.368. The average Bonchev–Trinajstić information content (AvgIpc) is 3.75. The third-order valence-electron chi connectivity index (χ3n) is 9.85. The van der Waals surface area contributed by atoms with Gasteiger partial charge in [-0.25, -0.2) is 9.97 Å². The standard InChI is InChI=1S/C38H41Cl2N7O3/c1-47-18-17-30(42-21-24-11-16-34(49)44-24)29-12-14-31(45-37(29)47)27-7-3-5-25(35(27)39)26-6-4-8-28(36(26)40)32-13-9-22(38(46-32)50-2)19-41-20-23-10-15-33(48)43-23/h3-9,12-14,23-24,30,41-42H,10-11,15-21H2,1-2H3,(H,43,48)(H,44,49)/t23-,24+,30+/m1/s1. The van der Waals surface area contributed by atoms with Crippen LogP contribution in [0.5, 0.6) is 5.88 Å². The van der Waals surface area contributed by atoms with Crippen LogP contribution in [0, 0.1) is 0 Å². The summed E-state index contributed by atoms with van der Waals surface area (Å²) in [6, 6.07) is 20.4. The van der Waals surface area contributed by atoms with E-state index in [1.54, 1.807) is 7.11 Å². The van der Waals surface area contributed by atoms with Gasteiger partial charge in [-0.2, -0.15) is 0 Å². The zero-order valence-corrected chi connectivity index (χ0v) is 29.7. The number of methoxy groups -OCH3 is 1. The molecule has 0 unspecified atom stereocenters. The molecule has 3 aliphatic heterocycles. The predicted molar refractivity (Wildman–Crippen MR) is 198 cm³/mol. The number of carbonyl (C=O) groups is 2. The second-order valence-corrected chi connectivity index (χ2v) is 14.0. The molecule has 2 aromatic carbocycles. The van der Waals surface area contributed by atoms with E-state index in [2.05, 4.69) is 39.3 Å². The van der Waals surface area contributed by atoms with Crippen LogP contribution in [0.3, 0.4) is 0 Å². The molecule has 260 valence electrons. The van der Waals surface area contributed by atoms with Gasteiger partial charge in [0.2, 0.25) is 17.7 Å². The topological polar surface area (TPSA) is 121 Å². The number of benzene rings is 2. The summed E-state index contributed by atoms with van der Waals surface area (Å²) in [7, 11) is 3.67. The van der Waals surface area contributed by atoms with Crippen molar-refractivity contribution < 1.29 is 14.3 Å². The number of carbonyl (C=O) groups excluding carboxylic acids is 2. The number of anilines is 1. The predicted octanol–water partition coefficient (Wildman–Crippen LogP) is 5.91. The zero-order chi connectivity index (χ0) is 34.8. The number of aromatic nitrogens is 2. The van der Waals surface area contributed by atoms with Crippen molar-refractivity contribution in [3.8, 4) is 39.5 Å². The van der Waals surface area contributed by atoms with Gasteiger partial charge in [0.05, 0.1) is 28.5 Å². The van der Waals surface area contributed by atoms with Crippen molar-refractivity contribution in [1.82, 2.24) is 31.2 Å². The van der Waals surface area contributed by atoms with Crippen molar-refractivity contribution in [1.29, 1.82) is 0 Å². The first-order valence-corrected chi connectivity index (χ1v) is 17.9. The molecule has 0 saturated carbocycles. The quantitative estimate of drug-likeness (QED) is 0.152. The van der Waals surface area contributed by atoms with E-state index >= 15 is 0 Å². The van der Waals surface area contributed by atoms with Gasteiger partial charge in [0, 0.05) is 97.6 Å². The Morgan fingerprint density at radius 3 is 2.02 bits per heavy atom. The summed E-state index contributed by atoms with van der Waals surface area (Å²) in [6.45, 7) is 2.84. The van der Waals surface area contributed by atoms with Crippen molar-refractivity contribution in [2.45, 2.75) is 56.8 Å². The van der Waals surface area contributed by atoms with Gasteiger partial charge in [0.1, 0.15) is 5.82 Å². The average molecular weight is 715 g/mol. The molecule has 10 nitrogen and oxygen atoms in total. The summed E-state index contributed by atoms with van der Waals surface area (Å²) in [5, 5.41) is 14.2. The summed E-state index contributed by atoms with van der Waals surface area (Å²) < 4.78 is 5.67. The van der Waals surface area contributed by atoms with Crippen molar-refractivity contribution >= 4 is 40.8 Å². The Morgan fingerprint density at radius 2 is 1.40 bits per heavy atom. The highest BCUT2D eigenvalue weighted by molar-refractivity contribution is 6.39. The molecule has 2 saturated heterocycles. The molecule has 0 bridgehead atoms. The monoisotopic (exact) mass is 713 g/mol. The smallest absolute Gasteiger partial charge is 0.220 e. The third-order valence-corrected chi connectivity index (χ3v) is 10.7. The normalized spacial score (nSPS) is 20.1. The first-order chi connectivity index (χ1) is 24.3. The number of amides is 2. The molecule has 12 heteroatoms. The first kappa shape index (κ1) is 34.2. The molecule has 0 aliphatic carbocycles. The van der Waals surface area contributed by atoms with Gasteiger partial charge in [-0.05, 0) is 31.4 Å². The maximum Gasteiger partial charge on any atom is 0.220 e. The number of rotatable bonds is 11. The van der Waals surface area contributed by atoms with Crippen LogP contribution < -0.4 is 30.9 Å². The van der Waals surface area contributed by atoms with E-state index in [1.165, 1.54) is 0 Å². The highest BCUT2D eigenvalue weighted by Crippen LogP contribution is 2.43. The second kappa shape index (κ2) is 14.9. The summed E-state index contributed by atoms with van der Waals surface area (Å²) in [4.78, 5) is 35.3. The molecule has 3 atom stereocenters. The lowest BCUT2D eigenvalue weighted by molar-refractivity contribution is -0.120. The van der Waals surface area contributed by atoms with Gasteiger partial charge in [0.15, 0.2) is 0 Å². The molecule has 4 aromatic rings. The summed E-state index contributed by atoms with van der Waals surface area (Å²) in [6.07, 6.45) is 3.83. The van der Waals surface area contributed by atoms with E-state index in [9.17, 15) is 9.59 Å². The molecule has 0 spiro atoms. The minimum absolute atomic E-state index is 0.103. The molecule has 2 fully saturated rings. The minimum atomic E-state index is 0.103. The number of halogens is 2. The molecule has 2 aromatic heterocycles. The molecule has 50 heavy (non-hydrogen) atoms. The fourth-order valence-corrected chi connectivity index (χ4v) is 7.76. The van der Waals surface area contributed by atoms with E-state index < -0.39 is 0 Å². The van der Waals surface area contributed by atoms with Gasteiger partial charge >= 0.3 is 0 Å². The van der Waals surface area contributed by atoms with Crippen LogP contribution in [0.2, 0.25) is 10.0 Å². The zero-order valence-electron chi connectivity index (χ0n) is 28.2. The number of ether oxygens (including phenoxy) is 1. The highest BCUT2D eigenvalue weighted by Gasteiger charge is 2.28. The van der Waals surface area contributed by atoms with Crippen LogP contribution >= 0.6 is 23.2 Å². The van der Waals surface area contributed by atoms with Gasteiger partial charge < -0.3 is 30.9 Å². The van der Waals surface area contributed by atoms with Crippen molar-refractivity contribution in [3.63, 3.8) is 0 Å². The molecular formula is C38H41Cl2N7O3. The largest absolute Gasteiger partial charge is 0.481 e. The number of nitrogens with zero attached hydrogens (tertiary/aromatic N) is 3. The lowest BCUT2D eigenvalue weighted by atomic mass is 9.96. The molecule has 4 N–H and O–H groups in total. The fourth-order valence-electron chi connectivity index (χ4n) is 7.12. The van der Waals surface area contributed by atoms with Gasteiger partial charge in [-0.3, -0.25) is 9.59 Å². The molecule has 0 radical (unpaired) electrons. The number of hydrogen-bond donors (Lipinski definition) is 4. The van der Waals surface area contributed by atoms with E-state index in [1.807, 2.05) is 54.6 Å². The first-order valence-electron chi connectivity index (χ1n) is 17.2. The Morgan fingerprint density at radius 1 is 0.800 bits per heavy atom. The van der Waals surface area contributed by atoms with Crippen LogP contribution in [0.25, 0.3) is 33.6 Å². The SMILES string of the molecule is COc1nc(-c2cccc(-c3cccc(-c4ccc5c(n4)N(C)CC[C@@H]5NC[C@@H]4CCC(=O)N4)c3Cl)c2Cl)ccc1CNC[C@H]1CCC(=O)N1. The Kier molecular flexibility index (Phi) is 10.2. The highest BCUT2D eigenvalue weighted by atomic mass is 35.5. The Hall–Kier alpha value is -4.22. The number of fused-ring (bicyclic) bond motifs is 1. The van der Waals surface area contributed by atoms with Crippen LogP contribution in [-0.4, -0.2) is 67.7 Å². The number of pyridine rings is 2. The molecule has 3 aliphatic rings. The molecular weight excluding hydrogens is 673 g/mol. The van der Waals surface area contributed by atoms with E-state index in [-0.39, 0.29) is 29.9 Å². The second-order valence-electron chi connectivity index (χ2n) is 13.2. The summed E-state index contributed by atoms with van der Waals surface area (Å²) >= 11 is 14.3. The Balaban J connectivity index is 1.12. The summed E-state index contributed by atoms with van der Waals surface area (Å²) in [5.41, 5.74) is 6.70. The molecule has 7 rings (SSSR count). The number of hydrogen-bond acceptors (Lipinski definition) is 8. The van der Waals surface area contributed by atoms with E-state index in [4.69, 9.17) is 37.9 Å². The molecule has 5 heterocycles. The number of nitrogens with one attached hydrogen (secondary N) is 4. The lowest BCUT2D eigenvalue weighted by Crippen LogP contribution is -2.40. The minimum Gasteiger partial charge on any atom is -0.481 e. The van der Waals surface area contributed by atoms with Gasteiger partial charge in [-0.1, -0.05) is 71.7 Å². The van der Waals surface area contributed by atoms with Crippen LogP contribution in [-0.2, 0) is 16.1 Å². The van der Waals surface area contributed by atoms with Crippen molar-refractivity contribution in [2.75, 3.05) is 38.7 Å². The van der Waals surface area contributed by atoms with Crippen molar-refractivity contribution in [2.24, 2.45) is 0 Å². The third kappa shape index (κ3) is 7.16. The lowest BCUT2D eigenvalue weighted by Gasteiger charge is -2.33. The van der Waals surface area contributed by atoms with Gasteiger partial charge in [0.25, 0.3) is 0 Å². The van der Waals surface area contributed by atoms with E-state index in [0.29, 0.717) is 47.6 Å². The van der Waals surface area contributed by atoms with Gasteiger partial charge in [-0.15, -0.1) is 0 Å². The van der Waals surface area contributed by atoms with Crippen molar-refractivity contribution in [3.05, 3.63) is 81.8 Å². The Bertz CT molecular complexity index is 1920. The Labute approximate surface area is 302 Å². The molecule has 2 amide bonds. The van der Waals surface area contributed by atoms with Crippen LogP contribution in [0.15, 0.2) is 60.7 Å². The maximum atomic E-state index is 11.7. The van der Waals surface area contributed by atoms with Crippen LogP contribution in [0.1, 0.15) is 49.3 Å². The van der Waals surface area contributed by atoms with E-state index in [0.717, 1.165) is 77.2 Å². The summed E-state index contributed by atoms with van der Waals surface area (Å²) in [5.74, 6) is 1.67. The maximum absolute atomic E-state index is 11.7.